The second-order valence-corrected chi connectivity index (χ2v) is 6.49. The van der Waals surface area contributed by atoms with Crippen LogP contribution in [0.5, 0.6) is 0 Å². The van der Waals surface area contributed by atoms with Crippen molar-refractivity contribution < 1.29 is 18.6 Å². The molecule has 4 aliphatic rings. The second kappa shape index (κ2) is 2.26. The molecule has 0 spiro atoms. The molecule has 4 nitrogen and oxygen atoms in total. The van der Waals surface area contributed by atoms with E-state index in [9.17, 15) is 0 Å². The Hall–Kier alpha value is -0.0301. The zero-order chi connectivity index (χ0) is 11.4. The minimum absolute atomic E-state index is 0.126. The van der Waals surface area contributed by atoms with E-state index in [-0.39, 0.29) is 36.4 Å². The minimum Gasteiger partial charge on any atom is -0.405 e. The van der Waals surface area contributed by atoms with Crippen LogP contribution in [0.4, 0.5) is 0 Å². The molecule has 0 N–H and O–H groups in total. The van der Waals surface area contributed by atoms with Gasteiger partial charge in [0.1, 0.15) is 0 Å². The van der Waals surface area contributed by atoms with Gasteiger partial charge in [0.15, 0.2) is 0 Å². The van der Waals surface area contributed by atoms with Crippen LogP contribution >= 0.6 is 0 Å². The topological polar surface area (TPSA) is 36.9 Å². The van der Waals surface area contributed by atoms with Crippen molar-refractivity contribution in [2.45, 2.75) is 62.9 Å². The Morgan fingerprint density at radius 1 is 0.625 bits per heavy atom. The molecule has 4 fully saturated rings. The Morgan fingerprint density at radius 2 is 0.875 bits per heavy atom. The molecule has 0 aromatic rings. The number of rotatable bonds is 1. The van der Waals surface area contributed by atoms with Crippen molar-refractivity contribution in [1.29, 1.82) is 0 Å². The second-order valence-electron chi connectivity index (χ2n) is 6.49. The SMILES string of the molecule is C[C@@]12C[C@@]1(C)OB(B1O[C@@]3(C)C[C@]3(C)O1)O2. The smallest absolute Gasteiger partial charge is 0.405 e. The molecule has 0 radical (unpaired) electrons. The first-order valence-electron chi connectivity index (χ1n) is 6.01. The number of hydrogen-bond acceptors (Lipinski definition) is 4. The van der Waals surface area contributed by atoms with Gasteiger partial charge in [-0.25, -0.2) is 0 Å². The van der Waals surface area contributed by atoms with Crippen molar-refractivity contribution >= 4 is 14.0 Å². The van der Waals surface area contributed by atoms with Crippen LogP contribution in [0.25, 0.3) is 0 Å². The molecule has 2 aliphatic heterocycles. The Balaban J connectivity index is 1.51. The maximum absolute atomic E-state index is 5.90. The third kappa shape index (κ3) is 0.941. The van der Waals surface area contributed by atoms with Crippen molar-refractivity contribution in [1.82, 2.24) is 0 Å². The quantitative estimate of drug-likeness (QED) is 0.619. The normalized spacial score (nSPS) is 62.2. The largest absolute Gasteiger partial charge is 0.489 e. The first-order valence-corrected chi connectivity index (χ1v) is 6.01. The molecular weight excluding hydrogens is 206 g/mol. The molecule has 2 saturated carbocycles. The lowest BCUT2D eigenvalue weighted by Gasteiger charge is -2.16. The molecule has 86 valence electrons. The molecule has 0 bridgehead atoms. The van der Waals surface area contributed by atoms with Crippen LogP contribution in [0, 0.1) is 0 Å². The first-order chi connectivity index (χ1) is 7.29. The standard InChI is InChI=1S/C10H16B2O4/c1-7-5-8(7,2)14-11(13-7)12-15-9(3)6-10(9,4)16-12/h5-6H2,1-4H3/t7-,8-,9+,10+. The van der Waals surface area contributed by atoms with Crippen molar-refractivity contribution in [3.8, 4) is 0 Å². The Labute approximate surface area is 96.2 Å². The minimum atomic E-state index is -0.356. The van der Waals surface area contributed by atoms with E-state index < -0.39 is 0 Å². The highest BCUT2D eigenvalue weighted by Gasteiger charge is 2.79. The van der Waals surface area contributed by atoms with Crippen LogP contribution < -0.4 is 0 Å². The van der Waals surface area contributed by atoms with E-state index in [1.54, 1.807) is 0 Å². The Bertz CT molecular complexity index is 325. The van der Waals surface area contributed by atoms with Crippen molar-refractivity contribution in [3.63, 3.8) is 0 Å². The summed E-state index contributed by atoms with van der Waals surface area (Å²) in [5, 5.41) is 0. The van der Waals surface area contributed by atoms with Crippen LogP contribution in [0.1, 0.15) is 40.5 Å². The summed E-state index contributed by atoms with van der Waals surface area (Å²) in [5.41, 5.74) is -0.504. The lowest BCUT2D eigenvalue weighted by Crippen LogP contribution is -2.44. The molecule has 0 aromatic carbocycles. The van der Waals surface area contributed by atoms with Crippen LogP contribution in [-0.4, -0.2) is 36.4 Å². The highest BCUT2D eigenvalue weighted by Crippen LogP contribution is 2.62. The van der Waals surface area contributed by atoms with Gasteiger partial charge >= 0.3 is 14.0 Å². The molecule has 0 amide bonds. The van der Waals surface area contributed by atoms with Gasteiger partial charge < -0.3 is 18.6 Å². The van der Waals surface area contributed by atoms with Crippen molar-refractivity contribution in [2.75, 3.05) is 0 Å². The molecule has 16 heavy (non-hydrogen) atoms. The lowest BCUT2D eigenvalue weighted by atomic mass is 9.48. The van der Waals surface area contributed by atoms with Crippen molar-refractivity contribution in [3.05, 3.63) is 0 Å². The predicted octanol–water partition coefficient (Wildman–Crippen LogP) is 0.977. The number of hydrogen-bond donors (Lipinski definition) is 0. The zero-order valence-corrected chi connectivity index (χ0v) is 10.2. The summed E-state index contributed by atoms with van der Waals surface area (Å²) in [6.45, 7) is 8.36. The van der Waals surface area contributed by atoms with Crippen molar-refractivity contribution in [2.24, 2.45) is 0 Å². The summed E-state index contributed by atoms with van der Waals surface area (Å²) >= 11 is 0. The molecule has 4 atom stereocenters. The highest BCUT2D eigenvalue weighted by atomic mass is 16.7. The summed E-state index contributed by atoms with van der Waals surface area (Å²) in [6.07, 6.45) is 1.94. The molecule has 6 heteroatoms. The average Bonchev–Trinajstić information content (AvgIpc) is 2.73. The van der Waals surface area contributed by atoms with E-state index in [1.165, 1.54) is 0 Å². The van der Waals surface area contributed by atoms with Gasteiger partial charge in [-0.05, 0) is 27.7 Å². The Kier molecular flexibility index (Phi) is 1.40. The first kappa shape index (κ1) is 9.95. The van der Waals surface area contributed by atoms with Crippen LogP contribution in [0.2, 0.25) is 0 Å². The van der Waals surface area contributed by atoms with E-state index in [0.717, 1.165) is 12.8 Å². The van der Waals surface area contributed by atoms with Gasteiger partial charge in [-0.2, -0.15) is 0 Å². The predicted molar refractivity (Wildman–Crippen MR) is 58.7 cm³/mol. The zero-order valence-electron chi connectivity index (χ0n) is 10.2. The summed E-state index contributed by atoms with van der Waals surface area (Å²) < 4.78 is 23.6. The average molecular weight is 222 g/mol. The third-order valence-electron chi connectivity index (χ3n) is 5.06. The van der Waals surface area contributed by atoms with Gasteiger partial charge in [0.2, 0.25) is 0 Å². The summed E-state index contributed by atoms with van der Waals surface area (Å²) in [6, 6.07) is 0. The van der Waals surface area contributed by atoms with Crippen LogP contribution in [0.15, 0.2) is 0 Å². The van der Waals surface area contributed by atoms with E-state index in [0.29, 0.717) is 0 Å². The highest BCUT2D eigenvalue weighted by molar-refractivity contribution is 7.11. The van der Waals surface area contributed by atoms with Crippen LogP contribution in [0.3, 0.4) is 0 Å². The van der Waals surface area contributed by atoms with Gasteiger partial charge in [0.05, 0.1) is 22.4 Å². The monoisotopic (exact) mass is 222 g/mol. The van der Waals surface area contributed by atoms with Gasteiger partial charge in [-0.1, -0.05) is 0 Å². The van der Waals surface area contributed by atoms with Gasteiger partial charge in [-0.15, -0.1) is 0 Å². The molecule has 4 rings (SSSR count). The molecular formula is C10H16B2O4. The third-order valence-corrected chi connectivity index (χ3v) is 5.06. The number of fused-ring (bicyclic) bond motifs is 2. The molecule has 0 aromatic heterocycles. The van der Waals surface area contributed by atoms with Crippen LogP contribution in [-0.2, 0) is 18.6 Å². The summed E-state index contributed by atoms with van der Waals surface area (Å²) in [4.78, 5) is 0. The summed E-state index contributed by atoms with van der Waals surface area (Å²) in [5.74, 6) is 0. The maximum atomic E-state index is 5.90. The van der Waals surface area contributed by atoms with E-state index >= 15 is 0 Å². The van der Waals surface area contributed by atoms with Gasteiger partial charge in [0, 0.05) is 12.8 Å². The molecule has 0 unspecified atom stereocenters. The fourth-order valence-electron chi connectivity index (χ4n) is 3.16. The maximum Gasteiger partial charge on any atom is 0.489 e. The fourth-order valence-corrected chi connectivity index (χ4v) is 3.16. The molecule has 2 saturated heterocycles. The summed E-state index contributed by atoms with van der Waals surface area (Å²) in [7, 11) is -0.713. The lowest BCUT2D eigenvalue weighted by molar-refractivity contribution is 0.187. The Morgan fingerprint density at radius 3 is 1.12 bits per heavy atom. The molecule has 2 aliphatic carbocycles. The molecule has 2 heterocycles. The van der Waals surface area contributed by atoms with Gasteiger partial charge in [0.25, 0.3) is 0 Å². The van der Waals surface area contributed by atoms with Gasteiger partial charge in [-0.3, -0.25) is 0 Å². The van der Waals surface area contributed by atoms with E-state index in [2.05, 4.69) is 27.7 Å². The van der Waals surface area contributed by atoms with E-state index in [1.807, 2.05) is 0 Å². The van der Waals surface area contributed by atoms with E-state index in [4.69, 9.17) is 18.6 Å². The fraction of sp³-hybridized carbons (Fsp3) is 1.00.